The molecule has 1 aliphatic rings. The Kier molecular flexibility index (Phi) is 7.75. The topological polar surface area (TPSA) is 46.5 Å². The number of unbranched alkanes of at least 4 members (excludes halogenated alkanes) is 2. The Hall–Kier alpha value is -2.21. The molecule has 0 saturated carbocycles. The maximum absolute atomic E-state index is 11.1. The molecule has 1 aliphatic carbocycles. The summed E-state index contributed by atoms with van der Waals surface area (Å²) >= 11 is -0.0248. The van der Waals surface area contributed by atoms with Crippen LogP contribution in [0.1, 0.15) is 93.8 Å². The molecule has 0 aliphatic heterocycles. The predicted molar refractivity (Wildman–Crippen MR) is 132 cm³/mol. The molecule has 0 spiro atoms. The van der Waals surface area contributed by atoms with Gasteiger partial charge < -0.3 is 0 Å². The first kappa shape index (κ1) is 24.4. The van der Waals surface area contributed by atoms with Crippen molar-refractivity contribution in [1.82, 2.24) is 0 Å². The van der Waals surface area contributed by atoms with E-state index in [0.29, 0.717) is 0 Å². The second kappa shape index (κ2) is 10.2. The zero-order valence-electron chi connectivity index (χ0n) is 19.9. The number of fused-ring (bicyclic) bond motifs is 1. The van der Waals surface area contributed by atoms with Crippen molar-refractivity contribution in [2.24, 2.45) is 0 Å². The van der Waals surface area contributed by atoms with E-state index in [4.69, 9.17) is 9.84 Å². The van der Waals surface area contributed by atoms with Crippen molar-refractivity contribution in [3.8, 4) is 16.5 Å². The molecular formula is C28H34O3Se. The van der Waals surface area contributed by atoms with E-state index in [2.05, 4.69) is 57.5 Å². The molecule has 0 amide bonds. The second-order valence-electron chi connectivity index (χ2n) is 9.88. The van der Waals surface area contributed by atoms with Crippen LogP contribution in [0.15, 0.2) is 36.4 Å². The van der Waals surface area contributed by atoms with Crippen molar-refractivity contribution < 1.29 is 14.6 Å². The zero-order chi connectivity index (χ0) is 23.4. The molecule has 2 aromatic rings. The molecule has 3 nitrogen and oxygen atoms in total. The van der Waals surface area contributed by atoms with Crippen LogP contribution in [0.25, 0.3) is 0 Å². The van der Waals surface area contributed by atoms with Crippen molar-refractivity contribution in [3.05, 3.63) is 58.7 Å². The van der Waals surface area contributed by atoms with Crippen LogP contribution in [0.2, 0.25) is 0 Å². The minimum absolute atomic E-state index is 0.0248. The number of hydrogen-bond donors (Lipinski definition) is 1. The molecule has 0 unspecified atom stereocenters. The first-order chi connectivity index (χ1) is 15.1. The first-order valence-corrected chi connectivity index (χ1v) is 13.2. The molecule has 32 heavy (non-hydrogen) atoms. The van der Waals surface area contributed by atoms with Crippen LogP contribution >= 0.6 is 0 Å². The summed E-state index contributed by atoms with van der Waals surface area (Å²) in [7, 11) is 0. The van der Waals surface area contributed by atoms with Gasteiger partial charge in [-0.3, -0.25) is 0 Å². The summed E-state index contributed by atoms with van der Waals surface area (Å²) in [5.41, 5.74) is 4.23. The van der Waals surface area contributed by atoms with Gasteiger partial charge in [0.1, 0.15) is 0 Å². The number of carboxylic acid groups (broad SMARTS) is 1. The fraction of sp³-hybridized carbons (Fsp3) is 0.464. The van der Waals surface area contributed by atoms with Gasteiger partial charge in [-0.1, -0.05) is 0 Å². The van der Waals surface area contributed by atoms with E-state index in [1.807, 2.05) is 0 Å². The molecule has 0 saturated heterocycles. The minimum atomic E-state index is -0.916. The van der Waals surface area contributed by atoms with Gasteiger partial charge in [-0.05, 0) is 0 Å². The van der Waals surface area contributed by atoms with Crippen molar-refractivity contribution in [3.63, 3.8) is 0 Å². The fourth-order valence-corrected chi connectivity index (χ4v) is 6.23. The summed E-state index contributed by atoms with van der Waals surface area (Å²) in [5.74, 6) is 3.29. The average Bonchev–Trinajstić information content (AvgIpc) is 2.75. The predicted octanol–water partition coefficient (Wildman–Crippen LogP) is 5.64. The quantitative estimate of drug-likeness (QED) is 0.306. The molecule has 3 rings (SSSR count). The molecule has 4 heteroatoms. The Labute approximate surface area is 199 Å². The first-order valence-electron chi connectivity index (χ1n) is 11.5. The molecule has 0 atom stereocenters. The second-order valence-corrected chi connectivity index (χ2v) is 11.7. The van der Waals surface area contributed by atoms with E-state index in [1.165, 1.54) is 34.9 Å². The third kappa shape index (κ3) is 5.77. The van der Waals surface area contributed by atoms with Crippen molar-refractivity contribution in [2.75, 3.05) is 6.61 Å². The summed E-state index contributed by atoms with van der Waals surface area (Å²) in [6.07, 6.45) is 5.78. The summed E-state index contributed by atoms with van der Waals surface area (Å²) < 4.78 is 7.50. The van der Waals surface area contributed by atoms with Crippen LogP contribution in [-0.2, 0) is 10.8 Å². The third-order valence-electron chi connectivity index (χ3n) is 6.36. The van der Waals surface area contributed by atoms with Crippen LogP contribution in [0.5, 0.6) is 5.75 Å². The number of carbonyl (C=O) groups is 1. The van der Waals surface area contributed by atoms with Crippen molar-refractivity contribution in [2.45, 2.75) is 77.6 Å². The van der Waals surface area contributed by atoms with Gasteiger partial charge in [-0.25, -0.2) is 0 Å². The Morgan fingerprint density at radius 1 is 1.06 bits per heavy atom. The van der Waals surface area contributed by atoms with E-state index in [0.717, 1.165) is 30.8 Å². The van der Waals surface area contributed by atoms with Crippen LogP contribution in [0, 0.1) is 10.7 Å². The van der Waals surface area contributed by atoms with Crippen LogP contribution in [0.4, 0.5) is 0 Å². The Balaban J connectivity index is 1.93. The Bertz CT molecular complexity index is 1020. The van der Waals surface area contributed by atoms with E-state index in [9.17, 15) is 4.79 Å². The van der Waals surface area contributed by atoms with Gasteiger partial charge >= 0.3 is 199 Å². The summed E-state index contributed by atoms with van der Waals surface area (Å²) in [5, 5.41) is 9.08. The van der Waals surface area contributed by atoms with Crippen LogP contribution in [0.3, 0.4) is 0 Å². The normalized spacial score (nSPS) is 15.9. The molecule has 2 aromatic carbocycles. The fourth-order valence-electron chi connectivity index (χ4n) is 4.25. The number of ether oxygens (including phenoxy) is 1. The number of rotatable bonds is 7. The number of benzene rings is 2. The molecule has 0 radical (unpaired) electrons. The van der Waals surface area contributed by atoms with Gasteiger partial charge in [0.2, 0.25) is 0 Å². The van der Waals surface area contributed by atoms with E-state index >= 15 is 0 Å². The Morgan fingerprint density at radius 3 is 2.41 bits per heavy atom. The zero-order valence-corrected chi connectivity index (χ0v) is 21.6. The van der Waals surface area contributed by atoms with Gasteiger partial charge in [0.15, 0.2) is 0 Å². The molecule has 0 fully saturated rings. The van der Waals surface area contributed by atoms with Gasteiger partial charge in [0.25, 0.3) is 0 Å². The average molecular weight is 498 g/mol. The van der Waals surface area contributed by atoms with Gasteiger partial charge in [-0.15, -0.1) is 0 Å². The third-order valence-corrected chi connectivity index (χ3v) is 7.93. The standard InChI is InChI=1S/C28H34O3Se/c1-6-7-8-16-31-22-18-23-25(28(4,5)15-14-27(23,2)3)24(19-22)32-17-13-20-9-11-21(12-10-20)26(29)30/h9-12,18-19H,6-8,14-16H2,1-5H3,(H,29,30). The van der Waals surface area contributed by atoms with E-state index < -0.39 is 5.97 Å². The molecule has 0 aromatic heterocycles. The summed E-state index contributed by atoms with van der Waals surface area (Å²) in [6, 6.07) is 11.3. The van der Waals surface area contributed by atoms with E-state index in [1.54, 1.807) is 24.3 Å². The molecule has 170 valence electrons. The monoisotopic (exact) mass is 498 g/mol. The number of carboxylic acids is 1. The Morgan fingerprint density at radius 2 is 1.75 bits per heavy atom. The van der Waals surface area contributed by atoms with Crippen LogP contribution in [-0.4, -0.2) is 32.6 Å². The van der Waals surface area contributed by atoms with Gasteiger partial charge in [0, 0.05) is 0 Å². The van der Waals surface area contributed by atoms with Gasteiger partial charge in [-0.2, -0.15) is 0 Å². The molecular weight excluding hydrogens is 463 g/mol. The molecule has 0 bridgehead atoms. The summed E-state index contributed by atoms with van der Waals surface area (Å²) in [4.78, 5) is 14.5. The SMILES string of the molecule is CCCCCOc1cc([Se]C#Cc2ccc(C(=O)O)cc2)c2c(c1)C(C)(C)CCC2(C)C. The molecule has 0 heterocycles. The number of aromatic carboxylic acids is 1. The van der Waals surface area contributed by atoms with E-state index in [-0.39, 0.29) is 31.4 Å². The van der Waals surface area contributed by atoms with Crippen molar-refractivity contribution in [1.29, 1.82) is 0 Å². The number of hydrogen-bond acceptors (Lipinski definition) is 2. The molecule has 1 N–H and O–H groups in total. The maximum atomic E-state index is 11.1. The van der Waals surface area contributed by atoms with Crippen LogP contribution < -0.4 is 9.20 Å². The van der Waals surface area contributed by atoms with Crippen molar-refractivity contribution >= 4 is 25.4 Å². The summed E-state index contributed by atoms with van der Waals surface area (Å²) in [6.45, 7) is 12.3. The van der Waals surface area contributed by atoms with Gasteiger partial charge in [0.05, 0.1) is 0 Å².